The maximum absolute atomic E-state index is 5.32. The molecule has 0 aromatic carbocycles. The van der Waals surface area contributed by atoms with Gasteiger partial charge >= 0.3 is 0 Å². The van der Waals surface area contributed by atoms with Crippen LogP contribution in [0, 0.1) is 5.41 Å². The largest absolute Gasteiger partial charge is 0.449 e. The summed E-state index contributed by atoms with van der Waals surface area (Å²) >= 11 is 0. The van der Waals surface area contributed by atoms with E-state index < -0.39 is 0 Å². The number of aliphatic imine (C=N–C) groups is 1. The minimum atomic E-state index is -0.0851. The molecular formula is C10H11NO. The van der Waals surface area contributed by atoms with Crippen LogP contribution < -0.4 is 0 Å². The minimum absolute atomic E-state index is 0.0851. The highest BCUT2D eigenvalue weighted by Gasteiger charge is 2.32. The molecule has 0 radical (unpaired) electrons. The fourth-order valence-corrected chi connectivity index (χ4v) is 1.36. The van der Waals surface area contributed by atoms with Crippen molar-refractivity contribution in [2.24, 2.45) is 10.4 Å². The van der Waals surface area contributed by atoms with Crippen LogP contribution in [-0.2, 0) is 4.74 Å². The molecule has 12 heavy (non-hydrogen) atoms. The molecule has 62 valence electrons. The lowest BCUT2D eigenvalue weighted by Gasteiger charge is -2.29. The second kappa shape index (κ2) is 2.34. The molecular weight excluding hydrogens is 150 g/mol. The molecule has 2 bridgehead atoms. The summed E-state index contributed by atoms with van der Waals surface area (Å²) in [7, 11) is 0. The van der Waals surface area contributed by atoms with Gasteiger partial charge in [-0.2, -0.15) is 0 Å². The molecule has 2 heteroatoms. The monoisotopic (exact) mass is 161 g/mol. The van der Waals surface area contributed by atoms with Crippen molar-refractivity contribution in [1.82, 2.24) is 0 Å². The lowest BCUT2D eigenvalue weighted by molar-refractivity contribution is 0.290. The smallest absolute Gasteiger partial charge is 0.180 e. The van der Waals surface area contributed by atoms with Gasteiger partial charge in [0.05, 0.1) is 11.1 Å². The van der Waals surface area contributed by atoms with Gasteiger partial charge in [-0.3, -0.25) is 0 Å². The lowest BCUT2D eigenvalue weighted by atomic mass is 9.86. The number of allylic oxidation sites excluding steroid dienone is 4. The summed E-state index contributed by atoms with van der Waals surface area (Å²) in [6.07, 6.45) is 9.45. The van der Waals surface area contributed by atoms with Gasteiger partial charge in [-0.1, -0.05) is 12.2 Å². The third-order valence-corrected chi connectivity index (χ3v) is 2.24. The van der Waals surface area contributed by atoms with Gasteiger partial charge in [0.25, 0.3) is 0 Å². The van der Waals surface area contributed by atoms with Crippen molar-refractivity contribution in [2.75, 3.05) is 0 Å². The van der Waals surface area contributed by atoms with Crippen molar-refractivity contribution < 1.29 is 4.74 Å². The SMILES string of the molecule is CC1(C)C2=CC=CC=C1OC=N2. The molecule has 0 saturated heterocycles. The van der Waals surface area contributed by atoms with Crippen LogP contribution in [0.25, 0.3) is 0 Å². The summed E-state index contributed by atoms with van der Waals surface area (Å²) in [6, 6.07) is 0. The number of ether oxygens (including phenoxy) is 1. The first-order chi connectivity index (χ1) is 5.71. The Hall–Kier alpha value is -1.31. The standard InChI is InChI=1S/C10H11NO/c1-10(2)8-5-3-4-6-9(10)12-7-11-8/h3-7H,1-2H3. The van der Waals surface area contributed by atoms with E-state index in [2.05, 4.69) is 18.8 Å². The van der Waals surface area contributed by atoms with E-state index in [1.165, 1.54) is 6.40 Å². The second-order valence-corrected chi connectivity index (χ2v) is 3.45. The molecule has 0 aromatic rings. The minimum Gasteiger partial charge on any atom is -0.449 e. The lowest BCUT2D eigenvalue weighted by Crippen LogP contribution is -2.22. The molecule has 1 aliphatic heterocycles. The van der Waals surface area contributed by atoms with Crippen LogP contribution in [0.4, 0.5) is 0 Å². The average Bonchev–Trinajstić information content (AvgIpc) is 2.16. The summed E-state index contributed by atoms with van der Waals surface area (Å²) in [4.78, 5) is 4.18. The molecule has 0 atom stereocenters. The maximum atomic E-state index is 5.32. The van der Waals surface area contributed by atoms with Gasteiger partial charge in [0.1, 0.15) is 5.76 Å². The molecule has 2 rings (SSSR count). The van der Waals surface area contributed by atoms with E-state index in [4.69, 9.17) is 4.74 Å². The van der Waals surface area contributed by atoms with E-state index in [9.17, 15) is 0 Å². The number of rotatable bonds is 0. The molecule has 0 aromatic heterocycles. The first-order valence-corrected chi connectivity index (χ1v) is 4.00. The zero-order valence-electron chi connectivity index (χ0n) is 7.24. The van der Waals surface area contributed by atoms with Gasteiger partial charge in [-0.15, -0.1) is 0 Å². The Morgan fingerprint density at radius 1 is 1.25 bits per heavy atom. The number of nitrogens with zero attached hydrogens (tertiary/aromatic N) is 1. The van der Waals surface area contributed by atoms with Crippen molar-refractivity contribution in [3.05, 3.63) is 35.8 Å². The summed E-state index contributed by atoms with van der Waals surface area (Å²) in [5, 5.41) is 0. The fraction of sp³-hybridized carbons (Fsp3) is 0.300. The average molecular weight is 161 g/mol. The van der Waals surface area contributed by atoms with Crippen LogP contribution in [0.3, 0.4) is 0 Å². The molecule has 0 N–H and O–H groups in total. The fourth-order valence-electron chi connectivity index (χ4n) is 1.36. The van der Waals surface area contributed by atoms with E-state index >= 15 is 0 Å². The summed E-state index contributed by atoms with van der Waals surface area (Å²) in [6.45, 7) is 4.21. The van der Waals surface area contributed by atoms with Crippen molar-refractivity contribution in [1.29, 1.82) is 0 Å². The highest BCUT2D eigenvalue weighted by molar-refractivity contribution is 5.57. The first-order valence-electron chi connectivity index (χ1n) is 4.00. The summed E-state index contributed by atoms with van der Waals surface area (Å²) in [5.41, 5.74) is 0.965. The van der Waals surface area contributed by atoms with Gasteiger partial charge in [0.15, 0.2) is 6.40 Å². The Kier molecular flexibility index (Phi) is 1.43. The van der Waals surface area contributed by atoms with Crippen LogP contribution in [0.1, 0.15) is 13.8 Å². The van der Waals surface area contributed by atoms with Crippen LogP contribution in [0.2, 0.25) is 0 Å². The van der Waals surface area contributed by atoms with Crippen molar-refractivity contribution >= 4 is 6.40 Å². The number of hydrogen-bond donors (Lipinski definition) is 0. The van der Waals surface area contributed by atoms with E-state index in [1.807, 2.05) is 24.3 Å². The molecule has 2 aliphatic rings. The topological polar surface area (TPSA) is 21.6 Å². The summed E-state index contributed by atoms with van der Waals surface area (Å²) in [5.74, 6) is 0.956. The molecule has 1 heterocycles. The molecule has 1 aliphatic carbocycles. The quantitative estimate of drug-likeness (QED) is 0.534. The van der Waals surface area contributed by atoms with Gasteiger partial charge in [-0.05, 0) is 26.0 Å². The Morgan fingerprint density at radius 3 is 2.83 bits per heavy atom. The highest BCUT2D eigenvalue weighted by Crippen LogP contribution is 2.39. The first kappa shape index (κ1) is 7.35. The Balaban J connectivity index is 2.59. The zero-order valence-corrected chi connectivity index (χ0v) is 7.24. The number of fused-ring (bicyclic) bond motifs is 2. The van der Waals surface area contributed by atoms with Crippen LogP contribution in [0.5, 0.6) is 0 Å². The maximum Gasteiger partial charge on any atom is 0.180 e. The molecule has 0 saturated carbocycles. The Labute approximate surface area is 72.0 Å². The number of hydrogen-bond acceptors (Lipinski definition) is 2. The van der Waals surface area contributed by atoms with E-state index in [1.54, 1.807) is 0 Å². The normalized spacial score (nSPS) is 23.8. The van der Waals surface area contributed by atoms with Crippen molar-refractivity contribution in [2.45, 2.75) is 13.8 Å². The summed E-state index contributed by atoms with van der Waals surface area (Å²) < 4.78 is 5.32. The van der Waals surface area contributed by atoms with Gasteiger partial charge in [0, 0.05) is 0 Å². The second-order valence-electron chi connectivity index (χ2n) is 3.45. The van der Waals surface area contributed by atoms with E-state index in [0.29, 0.717) is 0 Å². The highest BCUT2D eigenvalue weighted by atomic mass is 16.5. The predicted octanol–water partition coefficient (Wildman–Crippen LogP) is 2.41. The van der Waals surface area contributed by atoms with Crippen LogP contribution in [-0.4, -0.2) is 6.40 Å². The molecule has 2 nitrogen and oxygen atoms in total. The molecule has 0 fully saturated rings. The molecule has 0 amide bonds. The van der Waals surface area contributed by atoms with Crippen molar-refractivity contribution in [3.8, 4) is 0 Å². The van der Waals surface area contributed by atoms with E-state index in [-0.39, 0.29) is 5.41 Å². The Bertz CT molecular complexity index is 319. The third kappa shape index (κ3) is 0.916. The third-order valence-electron chi connectivity index (χ3n) is 2.24. The molecule has 0 unspecified atom stereocenters. The molecule has 0 spiro atoms. The van der Waals surface area contributed by atoms with Crippen LogP contribution >= 0.6 is 0 Å². The van der Waals surface area contributed by atoms with Gasteiger partial charge < -0.3 is 4.74 Å². The predicted molar refractivity (Wildman–Crippen MR) is 48.7 cm³/mol. The van der Waals surface area contributed by atoms with Crippen molar-refractivity contribution in [3.63, 3.8) is 0 Å². The van der Waals surface area contributed by atoms with E-state index in [0.717, 1.165) is 11.5 Å². The van der Waals surface area contributed by atoms with Gasteiger partial charge in [-0.25, -0.2) is 4.99 Å². The zero-order chi connectivity index (χ0) is 8.60. The van der Waals surface area contributed by atoms with Gasteiger partial charge in [0.2, 0.25) is 0 Å². The van der Waals surface area contributed by atoms with Crippen LogP contribution in [0.15, 0.2) is 40.8 Å². The Morgan fingerprint density at radius 2 is 2.00 bits per heavy atom.